The topological polar surface area (TPSA) is 62.7 Å². The number of H-pyrrole nitrogens is 1. The van der Waals surface area contributed by atoms with Gasteiger partial charge in [0.2, 0.25) is 0 Å². The van der Waals surface area contributed by atoms with Crippen molar-refractivity contribution in [1.29, 1.82) is 0 Å². The number of hydrogen-bond donors (Lipinski definition) is 2. The van der Waals surface area contributed by atoms with Crippen LogP contribution in [0.1, 0.15) is 16.1 Å². The predicted octanol–water partition coefficient (Wildman–Crippen LogP) is 4.32. The van der Waals surface area contributed by atoms with Crippen LogP contribution >= 0.6 is 11.6 Å². The molecule has 0 saturated heterocycles. The zero-order chi connectivity index (χ0) is 17.2. The molecule has 2 aromatic carbocycles. The Labute approximate surface area is 149 Å². The van der Waals surface area contributed by atoms with E-state index in [9.17, 15) is 4.79 Å². The number of rotatable bonds is 4. The van der Waals surface area contributed by atoms with Gasteiger partial charge in [0.05, 0.1) is 18.4 Å². The lowest BCUT2D eigenvalue weighted by Crippen LogP contribution is -2.11. The summed E-state index contributed by atoms with van der Waals surface area (Å²) >= 11 is 5.97. The number of fused-ring (bicyclic) bond motifs is 1. The van der Waals surface area contributed by atoms with Gasteiger partial charge in [0.1, 0.15) is 5.69 Å². The predicted molar refractivity (Wildman–Crippen MR) is 99.0 cm³/mol. The minimum atomic E-state index is -0.216. The van der Waals surface area contributed by atoms with E-state index >= 15 is 0 Å². The minimum absolute atomic E-state index is 0.216. The van der Waals surface area contributed by atoms with E-state index in [0.717, 1.165) is 16.5 Å². The van der Waals surface area contributed by atoms with Crippen LogP contribution in [0.2, 0.25) is 5.02 Å². The van der Waals surface area contributed by atoms with Crippen LogP contribution < -0.4 is 5.32 Å². The van der Waals surface area contributed by atoms with Crippen LogP contribution in [-0.4, -0.2) is 20.7 Å². The Morgan fingerprint density at radius 1 is 1.16 bits per heavy atom. The first-order valence-corrected chi connectivity index (χ1v) is 8.21. The monoisotopic (exact) mass is 350 g/mol. The van der Waals surface area contributed by atoms with Crippen molar-refractivity contribution in [3.8, 4) is 0 Å². The molecule has 0 unspecified atom stereocenters. The molecule has 124 valence electrons. The molecule has 4 rings (SSSR count). The van der Waals surface area contributed by atoms with Crippen LogP contribution in [0.5, 0.6) is 0 Å². The number of aromatic amines is 1. The van der Waals surface area contributed by atoms with E-state index in [0.29, 0.717) is 22.9 Å². The summed E-state index contributed by atoms with van der Waals surface area (Å²) in [6.45, 7) is 0.654. The molecule has 0 bridgehead atoms. The van der Waals surface area contributed by atoms with Gasteiger partial charge in [0.15, 0.2) is 0 Å². The third-order valence-corrected chi connectivity index (χ3v) is 4.14. The largest absolute Gasteiger partial charge is 0.350 e. The molecule has 0 spiro atoms. The first-order valence-electron chi connectivity index (χ1n) is 7.83. The first kappa shape index (κ1) is 15.5. The third-order valence-electron chi connectivity index (χ3n) is 3.91. The summed E-state index contributed by atoms with van der Waals surface area (Å²) in [6.07, 6.45) is 3.45. The lowest BCUT2D eigenvalue weighted by atomic mass is 10.2. The number of hydrogen-bond acceptors (Lipinski definition) is 2. The smallest absolute Gasteiger partial charge is 0.272 e. The maximum atomic E-state index is 12.4. The van der Waals surface area contributed by atoms with Crippen LogP contribution in [-0.2, 0) is 6.54 Å². The summed E-state index contributed by atoms with van der Waals surface area (Å²) < 4.78 is 1.79. The van der Waals surface area contributed by atoms with E-state index in [4.69, 9.17) is 11.6 Å². The third kappa shape index (κ3) is 3.41. The van der Waals surface area contributed by atoms with E-state index in [1.807, 2.05) is 42.6 Å². The fraction of sp³-hybridized carbons (Fsp3) is 0.0526. The van der Waals surface area contributed by atoms with E-state index in [1.54, 1.807) is 29.1 Å². The van der Waals surface area contributed by atoms with Gasteiger partial charge in [-0.2, -0.15) is 5.10 Å². The van der Waals surface area contributed by atoms with Crippen molar-refractivity contribution in [3.05, 3.63) is 83.3 Å². The van der Waals surface area contributed by atoms with E-state index in [-0.39, 0.29) is 5.91 Å². The zero-order valence-corrected chi connectivity index (χ0v) is 14.0. The summed E-state index contributed by atoms with van der Waals surface area (Å²) in [5.74, 6) is -0.216. The van der Waals surface area contributed by atoms with E-state index in [1.165, 1.54) is 0 Å². The van der Waals surface area contributed by atoms with Crippen molar-refractivity contribution < 1.29 is 4.79 Å². The van der Waals surface area contributed by atoms with E-state index < -0.39 is 0 Å². The Balaban J connectivity index is 1.48. The molecular formula is C19H15ClN4O. The summed E-state index contributed by atoms with van der Waals surface area (Å²) in [6, 6.07) is 17.3. The number of nitrogens with zero attached hydrogens (tertiary/aromatic N) is 2. The molecule has 0 fully saturated rings. The second-order valence-electron chi connectivity index (χ2n) is 5.78. The number of carbonyl (C=O) groups is 1. The van der Waals surface area contributed by atoms with Crippen molar-refractivity contribution in [2.45, 2.75) is 6.54 Å². The van der Waals surface area contributed by atoms with Crippen LogP contribution in [0.3, 0.4) is 0 Å². The van der Waals surface area contributed by atoms with Crippen molar-refractivity contribution in [1.82, 2.24) is 14.8 Å². The highest BCUT2D eigenvalue weighted by atomic mass is 35.5. The quantitative estimate of drug-likeness (QED) is 0.575. The maximum absolute atomic E-state index is 12.4. The number of benzene rings is 2. The number of amides is 1. The lowest BCUT2D eigenvalue weighted by Gasteiger charge is -2.01. The number of halogens is 1. The van der Waals surface area contributed by atoms with Gasteiger partial charge in [-0.1, -0.05) is 48.0 Å². The van der Waals surface area contributed by atoms with Gasteiger partial charge in [0.25, 0.3) is 5.91 Å². The van der Waals surface area contributed by atoms with Crippen molar-refractivity contribution in [2.75, 3.05) is 5.32 Å². The molecule has 0 radical (unpaired) electrons. The number of anilines is 1. The van der Waals surface area contributed by atoms with Gasteiger partial charge in [-0.05, 0) is 23.8 Å². The van der Waals surface area contributed by atoms with Gasteiger partial charge in [-0.25, -0.2) is 0 Å². The lowest BCUT2D eigenvalue weighted by molar-refractivity contribution is 0.102. The molecule has 0 aliphatic heterocycles. The van der Waals surface area contributed by atoms with Gasteiger partial charge < -0.3 is 10.3 Å². The maximum Gasteiger partial charge on any atom is 0.272 e. The van der Waals surface area contributed by atoms with Gasteiger partial charge in [0, 0.05) is 22.1 Å². The Kier molecular flexibility index (Phi) is 3.99. The Morgan fingerprint density at radius 2 is 2.00 bits per heavy atom. The molecule has 6 heteroatoms. The normalized spacial score (nSPS) is 10.9. The summed E-state index contributed by atoms with van der Waals surface area (Å²) in [7, 11) is 0. The highest BCUT2D eigenvalue weighted by Crippen LogP contribution is 2.20. The average molecular weight is 351 g/mol. The molecule has 0 aliphatic rings. The molecule has 0 saturated carbocycles. The molecule has 2 heterocycles. The minimum Gasteiger partial charge on any atom is -0.350 e. The highest BCUT2D eigenvalue weighted by Gasteiger charge is 2.11. The second kappa shape index (κ2) is 6.45. The van der Waals surface area contributed by atoms with Crippen LogP contribution in [0.25, 0.3) is 10.9 Å². The fourth-order valence-corrected chi connectivity index (χ4v) is 2.88. The molecule has 4 aromatic rings. The molecule has 5 nitrogen and oxygen atoms in total. The van der Waals surface area contributed by atoms with Gasteiger partial charge >= 0.3 is 0 Å². The fourth-order valence-electron chi connectivity index (χ4n) is 2.71. The van der Waals surface area contributed by atoms with Gasteiger partial charge in [-0.3, -0.25) is 9.48 Å². The summed E-state index contributed by atoms with van der Waals surface area (Å²) in [4.78, 5) is 15.5. The Bertz CT molecular complexity index is 1040. The number of aromatic nitrogens is 3. The standard InChI is InChI=1S/C19H15ClN4O/c20-15-7-6-14-8-18(23-17(14)9-15)19(25)22-16-10-21-24(12-16)11-13-4-2-1-3-5-13/h1-10,12,23H,11H2,(H,22,25). The van der Waals surface area contributed by atoms with Crippen molar-refractivity contribution in [3.63, 3.8) is 0 Å². The molecule has 25 heavy (non-hydrogen) atoms. The number of nitrogens with one attached hydrogen (secondary N) is 2. The SMILES string of the molecule is O=C(Nc1cnn(Cc2ccccc2)c1)c1cc2ccc(Cl)cc2[nH]1. The van der Waals surface area contributed by atoms with Crippen LogP contribution in [0.15, 0.2) is 67.0 Å². The second-order valence-corrected chi connectivity index (χ2v) is 6.22. The molecule has 1 amide bonds. The molecule has 0 atom stereocenters. The first-order chi connectivity index (χ1) is 12.2. The number of carbonyl (C=O) groups excluding carboxylic acids is 1. The van der Waals surface area contributed by atoms with E-state index in [2.05, 4.69) is 15.4 Å². The highest BCUT2D eigenvalue weighted by molar-refractivity contribution is 6.31. The molecular weight excluding hydrogens is 336 g/mol. The van der Waals surface area contributed by atoms with Crippen LogP contribution in [0, 0.1) is 0 Å². The zero-order valence-electron chi connectivity index (χ0n) is 13.2. The molecule has 0 aliphatic carbocycles. The molecule has 2 aromatic heterocycles. The average Bonchev–Trinajstić information content (AvgIpc) is 3.22. The summed E-state index contributed by atoms with van der Waals surface area (Å²) in [5, 5.41) is 8.71. The van der Waals surface area contributed by atoms with Crippen LogP contribution in [0.4, 0.5) is 5.69 Å². The Hall–Kier alpha value is -3.05. The molecule has 2 N–H and O–H groups in total. The van der Waals surface area contributed by atoms with Gasteiger partial charge in [-0.15, -0.1) is 0 Å². The summed E-state index contributed by atoms with van der Waals surface area (Å²) in [5.41, 5.74) is 3.11. The van der Waals surface area contributed by atoms with Crippen molar-refractivity contribution >= 4 is 34.1 Å². The Morgan fingerprint density at radius 3 is 2.84 bits per heavy atom. The van der Waals surface area contributed by atoms with Crippen molar-refractivity contribution in [2.24, 2.45) is 0 Å².